The standard InChI is InChI=1S/C14H16BrNO4S/c15-12-7-10(14(17)18)3-6-13(12)21(19,20)16(11-4-5-11)8-9-1-2-9/h3,6-7,9,11H,1-2,4-5,8H2,(H,17,18). The fraction of sp³-hybridized carbons (Fsp3) is 0.500. The molecular formula is C14H16BrNO4S. The molecule has 7 heteroatoms. The monoisotopic (exact) mass is 373 g/mol. The minimum absolute atomic E-state index is 0.0704. The maximum atomic E-state index is 12.8. The van der Waals surface area contributed by atoms with Crippen LogP contribution in [-0.4, -0.2) is 36.4 Å². The van der Waals surface area contributed by atoms with Gasteiger partial charge in [-0.3, -0.25) is 0 Å². The van der Waals surface area contributed by atoms with Gasteiger partial charge in [0.05, 0.1) is 10.5 Å². The third-order valence-electron chi connectivity index (χ3n) is 3.85. The number of carboxylic acid groups (broad SMARTS) is 1. The van der Waals surface area contributed by atoms with E-state index in [1.54, 1.807) is 4.31 Å². The average Bonchev–Trinajstić information content (AvgIpc) is 3.27. The quantitative estimate of drug-likeness (QED) is 0.831. The lowest BCUT2D eigenvalue weighted by Gasteiger charge is -2.22. The number of nitrogens with zero attached hydrogens (tertiary/aromatic N) is 1. The predicted octanol–water partition coefficient (Wildman–Crippen LogP) is 2.71. The zero-order valence-corrected chi connectivity index (χ0v) is 13.7. The van der Waals surface area contributed by atoms with Crippen molar-refractivity contribution >= 4 is 31.9 Å². The summed E-state index contributed by atoms with van der Waals surface area (Å²) in [5.41, 5.74) is 0.0704. The normalized spacial score (nSPS) is 19.0. The summed E-state index contributed by atoms with van der Waals surface area (Å²) in [6, 6.07) is 4.17. The molecule has 1 aromatic rings. The second-order valence-electron chi connectivity index (χ2n) is 5.70. The van der Waals surface area contributed by atoms with Crippen LogP contribution in [0.5, 0.6) is 0 Å². The molecule has 114 valence electrons. The van der Waals surface area contributed by atoms with Gasteiger partial charge in [-0.15, -0.1) is 0 Å². The van der Waals surface area contributed by atoms with E-state index in [1.165, 1.54) is 18.2 Å². The molecule has 2 aliphatic rings. The molecule has 0 heterocycles. The number of hydrogen-bond acceptors (Lipinski definition) is 3. The van der Waals surface area contributed by atoms with Crippen molar-refractivity contribution in [2.75, 3.05) is 6.54 Å². The number of carbonyl (C=O) groups is 1. The van der Waals surface area contributed by atoms with Crippen molar-refractivity contribution < 1.29 is 18.3 Å². The Morgan fingerprint density at radius 3 is 2.43 bits per heavy atom. The van der Waals surface area contributed by atoms with Gasteiger partial charge in [0.2, 0.25) is 10.0 Å². The fourth-order valence-corrected chi connectivity index (χ4v) is 5.13. The summed E-state index contributed by atoms with van der Waals surface area (Å²) >= 11 is 3.20. The highest BCUT2D eigenvalue weighted by Crippen LogP contribution is 2.39. The summed E-state index contributed by atoms with van der Waals surface area (Å²) in [5, 5.41) is 8.96. The average molecular weight is 374 g/mol. The Kier molecular flexibility index (Phi) is 3.83. The molecule has 1 aromatic carbocycles. The Morgan fingerprint density at radius 2 is 1.95 bits per heavy atom. The van der Waals surface area contributed by atoms with E-state index in [0.29, 0.717) is 16.9 Å². The first-order chi connectivity index (χ1) is 9.89. The van der Waals surface area contributed by atoms with Crippen LogP contribution in [0.2, 0.25) is 0 Å². The zero-order chi connectivity index (χ0) is 15.2. The Morgan fingerprint density at radius 1 is 1.29 bits per heavy atom. The van der Waals surface area contributed by atoms with Crippen molar-refractivity contribution in [3.63, 3.8) is 0 Å². The largest absolute Gasteiger partial charge is 0.478 e. The first kappa shape index (κ1) is 15.0. The van der Waals surface area contributed by atoms with Crippen LogP contribution in [0, 0.1) is 5.92 Å². The van der Waals surface area contributed by atoms with Crippen LogP contribution in [0.1, 0.15) is 36.0 Å². The minimum atomic E-state index is -3.57. The number of benzene rings is 1. The molecule has 2 fully saturated rings. The third kappa shape index (κ3) is 3.14. The van der Waals surface area contributed by atoms with E-state index >= 15 is 0 Å². The van der Waals surface area contributed by atoms with Gasteiger partial charge in [0, 0.05) is 17.1 Å². The van der Waals surface area contributed by atoms with Crippen LogP contribution in [0.25, 0.3) is 0 Å². The summed E-state index contributed by atoms with van der Waals surface area (Å²) in [6.45, 7) is 0.583. The first-order valence-corrected chi connectivity index (χ1v) is 9.17. The molecule has 5 nitrogen and oxygen atoms in total. The van der Waals surface area contributed by atoms with Gasteiger partial charge in [-0.2, -0.15) is 4.31 Å². The number of carboxylic acids is 1. The summed E-state index contributed by atoms with van der Waals surface area (Å²) in [5.74, 6) is -0.589. The van der Waals surface area contributed by atoms with Gasteiger partial charge >= 0.3 is 5.97 Å². The first-order valence-electron chi connectivity index (χ1n) is 6.94. The number of hydrogen-bond donors (Lipinski definition) is 1. The smallest absolute Gasteiger partial charge is 0.335 e. The van der Waals surface area contributed by atoms with Crippen LogP contribution >= 0.6 is 15.9 Å². The molecule has 1 N–H and O–H groups in total. The number of aromatic carboxylic acids is 1. The summed E-state index contributed by atoms with van der Waals surface area (Å²) in [7, 11) is -3.57. The van der Waals surface area contributed by atoms with Crippen LogP contribution < -0.4 is 0 Å². The molecule has 3 rings (SSSR count). The highest BCUT2D eigenvalue weighted by Gasteiger charge is 2.41. The van der Waals surface area contributed by atoms with Gasteiger partial charge < -0.3 is 5.11 Å². The maximum Gasteiger partial charge on any atom is 0.335 e. The molecule has 0 aromatic heterocycles. The lowest BCUT2D eigenvalue weighted by atomic mass is 10.2. The van der Waals surface area contributed by atoms with E-state index in [1.807, 2.05) is 0 Å². The minimum Gasteiger partial charge on any atom is -0.478 e. The molecule has 0 unspecified atom stereocenters. The van der Waals surface area contributed by atoms with Crippen molar-refractivity contribution in [3.05, 3.63) is 28.2 Å². The molecule has 0 aliphatic heterocycles. The molecule has 21 heavy (non-hydrogen) atoms. The summed E-state index contributed by atoms with van der Waals surface area (Å²) in [6.07, 6.45) is 4.02. The molecule has 0 radical (unpaired) electrons. The van der Waals surface area contributed by atoms with Crippen LogP contribution in [0.3, 0.4) is 0 Å². The molecular weight excluding hydrogens is 358 g/mol. The SMILES string of the molecule is O=C(O)c1ccc(S(=O)(=O)N(CC2CC2)C2CC2)c(Br)c1. The Bertz CT molecular complexity index is 680. The van der Waals surface area contributed by atoms with Crippen LogP contribution in [0.4, 0.5) is 0 Å². The van der Waals surface area contributed by atoms with Crippen LogP contribution in [0.15, 0.2) is 27.6 Å². The van der Waals surface area contributed by atoms with E-state index in [0.717, 1.165) is 25.7 Å². The van der Waals surface area contributed by atoms with E-state index in [-0.39, 0.29) is 16.5 Å². The number of sulfonamides is 1. The van der Waals surface area contributed by atoms with Crippen molar-refractivity contribution in [2.45, 2.75) is 36.6 Å². The molecule has 2 aliphatic carbocycles. The molecule has 0 bridgehead atoms. The summed E-state index contributed by atoms with van der Waals surface area (Å²) < 4.78 is 27.6. The van der Waals surface area contributed by atoms with Gasteiger partial charge in [-0.05, 0) is 65.7 Å². The topological polar surface area (TPSA) is 74.7 Å². The highest BCUT2D eigenvalue weighted by molar-refractivity contribution is 9.10. The Labute approximate surface area is 132 Å². The van der Waals surface area contributed by atoms with E-state index < -0.39 is 16.0 Å². The van der Waals surface area contributed by atoms with Gasteiger partial charge in [0.1, 0.15) is 0 Å². The molecule has 2 saturated carbocycles. The molecule has 0 spiro atoms. The molecule has 0 amide bonds. The van der Waals surface area contributed by atoms with Crippen molar-refractivity contribution in [2.24, 2.45) is 5.92 Å². The zero-order valence-electron chi connectivity index (χ0n) is 11.3. The van der Waals surface area contributed by atoms with Crippen molar-refractivity contribution in [1.29, 1.82) is 0 Å². The predicted molar refractivity (Wildman–Crippen MR) is 80.7 cm³/mol. The van der Waals surface area contributed by atoms with Gasteiger partial charge in [0.25, 0.3) is 0 Å². The lowest BCUT2D eigenvalue weighted by molar-refractivity contribution is 0.0696. The molecule has 0 saturated heterocycles. The highest BCUT2D eigenvalue weighted by atomic mass is 79.9. The van der Waals surface area contributed by atoms with Gasteiger partial charge in [0.15, 0.2) is 0 Å². The van der Waals surface area contributed by atoms with Crippen LogP contribution in [-0.2, 0) is 10.0 Å². The van der Waals surface area contributed by atoms with Crippen molar-refractivity contribution in [3.8, 4) is 0 Å². The second-order valence-corrected chi connectivity index (χ2v) is 8.41. The lowest BCUT2D eigenvalue weighted by Crippen LogP contribution is -2.35. The van der Waals surface area contributed by atoms with Gasteiger partial charge in [-0.1, -0.05) is 0 Å². The third-order valence-corrected chi connectivity index (χ3v) is 6.75. The number of halogens is 1. The van der Waals surface area contributed by atoms with E-state index in [4.69, 9.17) is 5.11 Å². The van der Waals surface area contributed by atoms with Crippen molar-refractivity contribution in [1.82, 2.24) is 4.31 Å². The van der Waals surface area contributed by atoms with Gasteiger partial charge in [-0.25, -0.2) is 13.2 Å². The van der Waals surface area contributed by atoms with E-state index in [9.17, 15) is 13.2 Å². The second kappa shape index (κ2) is 5.37. The Balaban J connectivity index is 1.94. The summed E-state index contributed by atoms with van der Waals surface area (Å²) in [4.78, 5) is 11.1. The Hall–Kier alpha value is -0.920. The number of rotatable bonds is 6. The van der Waals surface area contributed by atoms with E-state index in [2.05, 4.69) is 15.9 Å². The maximum absolute atomic E-state index is 12.8. The fourth-order valence-electron chi connectivity index (χ4n) is 2.33. The molecule has 0 atom stereocenters.